The molecule has 88 valence electrons. The first-order chi connectivity index (χ1) is 7.76. The zero-order valence-corrected chi connectivity index (χ0v) is 10.6. The van der Waals surface area contributed by atoms with Crippen molar-refractivity contribution in [3.63, 3.8) is 0 Å². The average molecular weight is 221 g/mol. The Balaban J connectivity index is 0.000000606. The van der Waals surface area contributed by atoms with Gasteiger partial charge in [-0.05, 0) is 6.42 Å². The summed E-state index contributed by atoms with van der Waals surface area (Å²) in [6.07, 6.45) is 2.68. The fourth-order valence-electron chi connectivity index (χ4n) is 1.48. The van der Waals surface area contributed by atoms with Crippen molar-refractivity contribution in [1.29, 1.82) is 0 Å². The van der Waals surface area contributed by atoms with E-state index in [0.717, 1.165) is 28.9 Å². The van der Waals surface area contributed by atoms with Crippen LogP contribution in [0.3, 0.4) is 0 Å². The Bertz CT molecular complexity index is 462. The van der Waals surface area contributed by atoms with E-state index in [0.29, 0.717) is 0 Å². The molecule has 0 unspecified atom stereocenters. The number of hydrogen-bond donors (Lipinski definition) is 0. The molecule has 2 aromatic rings. The minimum atomic E-state index is 0.847. The second-order valence-corrected chi connectivity index (χ2v) is 3.17. The van der Waals surface area contributed by atoms with Crippen LogP contribution in [0.15, 0.2) is 12.3 Å². The molecule has 0 aliphatic carbocycles. The minimum absolute atomic E-state index is 0.847. The molecule has 0 saturated heterocycles. The molecule has 2 aromatic heterocycles. The lowest BCUT2D eigenvalue weighted by Gasteiger charge is -2.04. The molecule has 0 N–H and O–H groups in total. The number of nitrogens with zero attached hydrogens (tertiary/aromatic N) is 3. The van der Waals surface area contributed by atoms with Crippen molar-refractivity contribution in [2.45, 2.75) is 27.2 Å². The molecule has 2 rings (SSSR count). The molecule has 4 heteroatoms. The number of aromatic nitrogens is 3. The van der Waals surface area contributed by atoms with Crippen LogP contribution in [0, 0.1) is 0 Å². The first-order valence-corrected chi connectivity index (χ1v) is 5.62. The van der Waals surface area contributed by atoms with Crippen LogP contribution in [0.25, 0.3) is 11.0 Å². The van der Waals surface area contributed by atoms with Gasteiger partial charge in [0, 0.05) is 18.8 Å². The zero-order chi connectivity index (χ0) is 12.1. The number of aryl methyl sites for hydroxylation is 2. The maximum absolute atomic E-state index is 5.29. The van der Waals surface area contributed by atoms with Crippen LogP contribution in [0.5, 0.6) is 5.75 Å². The highest BCUT2D eigenvalue weighted by molar-refractivity contribution is 5.82. The van der Waals surface area contributed by atoms with Gasteiger partial charge in [-0.15, -0.1) is 0 Å². The van der Waals surface area contributed by atoms with Gasteiger partial charge in [0.25, 0.3) is 0 Å². The van der Waals surface area contributed by atoms with E-state index in [1.54, 1.807) is 18.0 Å². The zero-order valence-electron chi connectivity index (χ0n) is 10.6. The molecule has 16 heavy (non-hydrogen) atoms. The van der Waals surface area contributed by atoms with Crippen LogP contribution in [-0.2, 0) is 13.5 Å². The van der Waals surface area contributed by atoms with Crippen molar-refractivity contribution >= 4 is 11.0 Å². The number of methoxy groups -OCH3 is 1. The number of pyridine rings is 1. The summed E-state index contributed by atoms with van der Waals surface area (Å²) in [4.78, 5) is 4.48. The highest BCUT2D eigenvalue weighted by Crippen LogP contribution is 2.24. The molecule has 0 amide bonds. The van der Waals surface area contributed by atoms with Gasteiger partial charge in [0.1, 0.15) is 5.75 Å². The van der Waals surface area contributed by atoms with E-state index in [1.165, 1.54) is 0 Å². The van der Waals surface area contributed by atoms with Crippen molar-refractivity contribution in [3.05, 3.63) is 18.0 Å². The molecule has 0 radical (unpaired) electrons. The molecular weight excluding hydrogens is 202 g/mol. The summed E-state index contributed by atoms with van der Waals surface area (Å²) in [5.74, 6) is 0.847. The standard InChI is InChI=1S/C10H13N3O.C2H6/c1-4-7-5-9(14-3)8-6-11-13(2)10(8)12-7;1-2/h5-6H,4H2,1-3H3;1-2H3. The number of ether oxygens (including phenoxy) is 1. The van der Waals surface area contributed by atoms with Crippen molar-refractivity contribution in [2.75, 3.05) is 7.11 Å². The second kappa shape index (κ2) is 5.49. The highest BCUT2D eigenvalue weighted by atomic mass is 16.5. The van der Waals surface area contributed by atoms with Crippen LogP contribution in [0.1, 0.15) is 26.5 Å². The van der Waals surface area contributed by atoms with Crippen LogP contribution in [0.4, 0.5) is 0 Å². The first kappa shape index (κ1) is 12.5. The lowest BCUT2D eigenvalue weighted by Crippen LogP contribution is -1.96. The van der Waals surface area contributed by atoms with E-state index in [1.807, 2.05) is 27.0 Å². The normalized spacial score (nSPS) is 9.81. The van der Waals surface area contributed by atoms with Gasteiger partial charge in [0.2, 0.25) is 0 Å². The number of rotatable bonds is 2. The van der Waals surface area contributed by atoms with E-state index in [-0.39, 0.29) is 0 Å². The molecule has 0 fully saturated rings. The Morgan fingerprint density at radius 1 is 1.38 bits per heavy atom. The van der Waals surface area contributed by atoms with E-state index in [9.17, 15) is 0 Å². The van der Waals surface area contributed by atoms with E-state index in [2.05, 4.69) is 17.0 Å². The van der Waals surface area contributed by atoms with Gasteiger partial charge in [-0.1, -0.05) is 20.8 Å². The van der Waals surface area contributed by atoms with Crippen LogP contribution < -0.4 is 4.74 Å². The minimum Gasteiger partial charge on any atom is -0.496 e. The van der Waals surface area contributed by atoms with Crippen LogP contribution in [0.2, 0.25) is 0 Å². The summed E-state index contributed by atoms with van der Waals surface area (Å²) in [6.45, 7) is 6.07. The smallest absolute Gasteiger partial charge is 0.161 e. The number of hydrogen-bond acceptors (Lipinski definition) is 3. The Morgan fingerprint density at radius 2 is 2.06 bits per heavy atom. The SMILES string of the molecule is CC.CCc1cc(OC)c2cnn(C)c2n1. The van der Waals surface area contributed by atoms with Gasteiger partial charge in [0.05, 0.1) is 18.7 Å². The fraction of sp³-hybridized carbons (Fsp3) is 0.500. The van der Waals surface area contributed by atoms with E-state index < -0.39 is 0 Å². The van der Waals surface area contributed by atoms with E-state index >= 15 is 0 Å². The molecule has 0 atom stereocenters. The third kappa shape index (κ3) is 2.15. The van der Waals surface area contributed by atoms with E-state index in [4.69, 9.17) is 4.74 Å². The van der Waals surface area contributed by atoms with Crippen LogP contribution in [-0.4, -0.2) is 21.9 Å². The molecule has 0 aliphatic rings. The predicted molar refractivity (Wildman–Crippen MR) is 65.8 cm³/mol. The van der Waals surface area contributed by atoms with Crippen molar-refractivity contribution in [3.8, 4) is 5.75 Å². The summed E-state index contributed by atoms with van der Waals surface area (Å²) < 4.78 is 7.05. The summed E-state index contributed by atoms with van der Waals surface area (Å²) in [7, 11) is 3.55. The first-order valence-electron chi connectivity index (χ1n) is 5.62. The third-order valence-electron chi connectivity index (χ3n) is 2.30. The van der Waals surface area contributed by atoms with Gasteiger partial charge in [-0.25, -0.2) is 4.98 Å². The monoisotopic (exact) mass is 221 g/mol. The quantitative estimate of drug-likeness (QED) is 0.782. The van der Waals surface area contributed by atoms with Gasteiger partial charge >= 0.3 is 0 Å². The Hall–Kier alpha value is -1.58. The maximum atomic E-state index is 5.29. The highest BCUT2D eigenvalue weighted by Gasteiger charge is 2.08. The lowest BCUT2D eigenvalue weighted by atomic mass is 10.2. The lowest BCUT2D eigenvalue weighted by molar-refractivity contribution is 0.419. The van der Waals surface area contributed by atoms with Gasteiger partial charge in [-0.3, -0.25) is 4.68 Å². The Labute approximate surface area is 96.2 Å². The third-order valence-corrected chi connectivity index (χ3v) is 2.30. The summed E-state index contributed by atoms with van der Waals surface area (Å²) in [6, 6.07) is 1.96. The molecular formula is C12H19N3O. The summed E-state index contributed by atoms with van der Waals surface area (Å²) >= 11 is 0. The van der Waals surface area contributed by atoms with Crippen LogP contribution >= 0.6 is 0 Å². The molecule has 0 aromatic carbocycles. The largest absolute Gasteiger partial charge is 0.496 e. The predicted octanol–water partition coefficient (Wildman–Crippen LogP) is 2.57. The van der Waals surface area contributed by atoms with Crippen molar-refractivity contribution < 1.29 is 4.74 Å². The molecule has 0 bridgehead atoms. The Kier molecular flexibility index (Phi) is 4.28. The molecule has 0 saturated carbocycles. The van der Waals surface area contributed by atoms with Gasteiger partial charge in [-0.2, -0.15) is 5.10 Å². The Morgan fingerprint density at radius 3 is 2.62 bits per heavy atom. The topological polar surface area (TPSA) is 39.9 Å². The van der Waals surface area contributed by atoms with Crippen molar-refractivity contribution in [1.82, 2.24) is 14.8 Å². The molecule has 4 nitrogen and oxygen atoms in total. The maximum Gasteiger partial charge on any atom is 0.161 e. The fourth-order valence-corrected chi connectivity index (χ4v) is 1.48. The number of fused-ring (bicyclic) bond motifs is 1. The molecule has 2 heterocycles. The molecule has 0 aliphatic heterocycles. The second-order valence-electron chi connectivity index (χ2n) is 3.17. The molecule has 0 spiro atoms. The summed E-state index contributed by atoms with van der Waals surface area (Å²) in [5, 5.41) is 5.12. The van der Waals surface area contributed by atoms with Gasteiger partial charge in [0.15, 0.2) is 5.65 Å². The summed E-state index contributed by atoms with van der Waals surface area (Å²) in [5.41, 5.74) is 1.90. The van der Waals surface area contributed by atoms with Gasteiger partial charge < -0.3 is 4.74 Å². The average Bonchev–Trinajstić information content (AvgIpc) is 2.72. The van der Waals surface area contributed by atoms with Crippen molar-refractivity contribution in [2.24, 2.45) is 7.05 Å².